The molecule has 1 atom stereocenters. The summed E-state index contributed by atoms with van der Waals surface area (Å²) >= 11 is 0. The van der Waals surface area contributed by atoms with Gasteiger partial charge in [0.05, 0.1) is 18.8 Å². The van der Waals surface area contributed by atoms with Crippen LogP contribution in [0.25, 0.3) is 0 Å². The van der Waals surface area contributed by atoms with E-state index in [0.29, 0.717) is 23.7 Å². The summed E-state index contributed by atoms with van der Waals surface area (Å²) < 4.78 is 15.9. The quantitative estimate of drug-likeness (QED) is 0.880. The molecule has 0 radical (unpaired) electrons. The van der Waals surface area contributed by atoms with Crippen molar-refractivity contribution < 1.29 is 23.8 Å². The van der Waals surface area contributed by atoms with Crippen molar-refractivity contribution in [3.05, 3.63) is 18.2 Å². The molecule has 0 bridgehead atoms. The zero-order valence-corrected chi connectivity index (χ0v) is 13.9. The second-order valence-corrected chi connectivity index (χ2v) is 6.74. The second kappa shape index (κ2) is 6.10. The van der Waals surface area contributed by atoms with Crippen LogP contribution in [-0.4, -0.2) is 43.6 Å². The van der Waals surface area contributed by atoms with Crippen LogP contribution in [0.2, 0.25) is 0 Å². The molecule has 0 spiro atoms. The van der Waals surface area contributed by atoms with Crippen LogP contribution in [0, 0.1) is 0 Å². The summed E-state index contributed by atoms with van der Waals surface area (Å²) in [7, 11) is 0. The van der Waals surface area contributed by atoms with Gasteiger partial charge in [0.15, 0.2) is 11.5 Å². The number of amides is 3. The van der Waals surface area contributed by atoms with Crippen LogP contribution in [-0.2, 0) is 4.74 Å². The summed E-state index contributed by atoms with van der Waals surface area (Å²) in [4.78, 5) is 25.3. The summed E-state index contributed by atoms with van der Waals surface area (Å²) in [5, 5.41) is 5.51. The summed E-state index contributed by atoms with van der Waals surface area (Å²) in [6.45, 7) is 6.46. The number of benzene rings is 1. The molecule has 8 heteroatoms. The molecular formula is C16H21N3O5. The fourth-order valence-electron chi connectivity index (χ4n) is 2.48. The molecule has 0 aromatic heterocycles. The predicted octanol–water partition coefficient (Wildman–Crippen LogP) is 1.84. The second-order valence-electron chi connectivity index (χ2n) is 6.74. The van der Waals surface area contributed by atoms with E-state index in [1.54, 1.807) is 18.2 Å². The summed E-state index contributed by atoms with van der Waals surface area (Å²) in [6, 6.07) is 4.98. The highest BCUT2D eigenvalue weighted by Gasteiger charge is 2.33. The van der Waals surface area contributed by atoms with E-state index in [9.17, 15) is 9.59 Å². The number of urea groups is 1. The third kappa shape index (κ3) is 3.64. The molecule has 1 saturated heterocycles. The lowest BCUT2D eigenvalue weighted by Gasteiger charge is -2.21. The molecule has 1 fully saturated rings. The minimum atomic E-state index is -0.447. The smallest absolute Gasteiger partial charge is 0.414 e. The molecule has 1 aromatic rings. The third-order valence-electron chi connectivity index (χ3n) is 3.52. The zero-order valence-electron chi connectivity index (χ0n) is 13.9. The van der Waals surface area contributed by atoms with Gasteiger partial charge >= 0.3 is 12.1 Å². The third-order valence-corrected chi connectivity index (χ3v) is 3.52. The largest absolute Gasteiger partial charge is 0.454 e. The van der Waals surface area contributed by atoms with Gasteiger partial charge in [0.1, 0.15) is 6.10 Å². The standard InChI is InChI=1S/C16H21N3O5/c1-16(2,3)18-14(20)17-7-11-8-19(15(21)24-11)10-4-5-12-13(6-10)23-9-22-12/h4-6,11H,7-9H2,1-3H3,(H2,17,18,20)/t11-/m1/s1. The average molecular weight is 335 g/mol. The highest BCUT2D eigenvalue weighted by atomic mass is 16.7. The molecule has 0 unspecified atom stereocenters. The lowest BCUT2D eigenvalue weighted by Crippen LogP contribution is -2.48. The number of ether oxygens (including phenoxy) is 3. The minimum Gasteiger partial charge on any atom is -0.454 e. The molecule has 2 aliphatic heterocycles. The number of hydrogen-bond donors (Lipinski definition) is 2. The Morgan fingerprint density at radius 2 is 2.04 bits per heavy atom. The van der Waals surface area contributed by atoms with Crippen molar-refractivity contribution in [3.8, 4) is 11.5 Å². The van der Waals surface area contributed by atoms with Crippen molar-refractivity contribution in [2.75, 3.05) is 24.8 Å². The van der Waals surface area contributed by atoms with Gasteiger partial charge in [-0.3, -0.25) is 4.90 Å². The maximum atomic E-state index is 12.1. The first-order valence-electron chi connectivity index (χ1n) is 7.76. The molecule has 2 heterocycles. The number of hydrogen-bond acceptors (Lipinski definition) is 5. The normalized spacial score (nSPS) is 19.2. The maximum absolute atomic E-state index is 12.1. The Bertz CT molecular complexity index is 656. The molecule has 2 aliphatic rings. The highest BCUT2D eigenvalue weighted by molar-refractivity contribution is 5.90. The maximum Gasteiger partial charge on any atom is 0.414 e. The van der Waals surface area contributed by atoms with E-state index < -0.39 is 12.2 Å². The van der Waals surface area contributed by atoms with E-state index in [4.69, 9.17) is 14.2 Å². The Morgan fingerprint density at radius 1 is 1.29 bits per heavy atom. The van der Waals surface area contributed by atoms with Gasteiger partial charge in [-0.05, 0) is 32.9 Å². The van der Waals surface area contributed by atoms with Gasteiger partial charge in [0.2, 0.25) is 6.79 Å². The van der Waals surface area contributed by atoms with Gasteiger partial charge in [0.25, 0.3) is 0 Å². The fourth-order valence-corrected chi connectivity index (χ4v) is 2.48. The number of carbonyl (C=O) groups excluding carboxylic acids is 2. The van der Waals surface area contributed by atoms with Crippen LogP contribution in [0.1, 0.15) is 20.8 Å². The molecule has 2 N–H and O–H groups in total. The van der Waals surface area contributed by atoms with Crippen LogP contribution in [0.3, 0.4) is 0 Å². The van der Waals surface area contributed by atoms with Crippen molar-refractivity contribution in [2.24, 2.45) is 0 Å². The van der Waals surface area contributed by atoms with Crippen LogP contribution < -0.4 is 25.0 Å². The Hall–Kier alpha value is -2.64. The van der Waals surface area contributed by atoms with Crippen molar-refractivity contribution in [1.82, 2.24) is 10.6 Å². The molecule has 130 valence electrons. The number of anilines is 1. The average Bonchev–Trinajstić information content (AvgIpc) is 3.08. The van der Waals surface area contributed by atoms with Gasteiger partial charge in [0, 0.05) is 11.6 Å². The van der Waals surface area contributed by atoms with Gasteiger partial charge in [-0.1, -0.05) is 0 Å². The Balaban J connectivity index is 1.57. The monoisotopic (exact) mass is 335 g/mol. The number of nitrogens with one attached hydrogen (secondary N) is 2. The van der Waals surface area contributed by atoms with Gasteiger partial charge in [-0.2, -0.15) is 0 Å². The fraction of sp³-hybridized carbons (Fsp3) is 0.500. The summed E-state index contributed by atoms with van der Waals surface area (Å²) in [5.74, 6) is 1.26. The number of fused-ring (bicyclic) bond motifs is 1. The Labute approximate surface area is 140 Å². The first kappa shape index (κ1) is 16.2. The van der Waals surface area contributed by atoms with Crippen molar-refractivity contribution in [3.63, 3.8) is 0 Å². The predicted molar refractivity (Wildman–Crippen MR) is 86.5 cm³/mol. The van der Waals surface area contributed by atoms with Crippen LogP contribution in [0.15, 0.2) is 18.2 Å². The number of carbonyl (C=O) groups is 2. The summed E-state index contributed by atoms with van der Waals surface area (Å²) in [6.07, 6.45) is -0.856. The number of nitrogens with zero attached hydrogens (tertiary/aromatic N) is 1. The van der Waals surface area contributed by atoms with Gasteiger partial charge in [-0.15, -0.1) is 0 Å². The number of rotatable bonds is 3. The SMILES string of the molecule is CC(C)(C)NC(=O)NC[C@@H]1CN(c2ccc3c(c2)OCO3)C(=O)O1. The highest BCUT2D eigenvalue weighted by Crippen LogP contribution is 2.36. The van der Waals surface area contributed by atoms with Crippen molar-refractivity contribution >= 4 is 17.8 Å². The lowest BCUT2D eigenvalue weighted by atomic mass is 10.1. The Morgan fingerprint density at radius 3 is 2.79 bits per heavy atom. The lowest BCUT2D eigenvalue weighted by molar-refractivity contribution is 0.140. The van der Waals surface area contributed by atoms with E-state index in [0.717, 1.165) is 0 Å². The van der Waals surface area contributed by atoms with E-state index in [2.05, 4.69) is 10.6 Å². The number of cyclic esters (lactones) is 1. The molecule has 8 nitrogen and oxygen atoms in total. The molecule has 0 saturated carbocycles. The molecule has 3 rings (SSSR count). The van der Waals surface area contributed by atoms with Crippen LogP contribution in [0.4, 0.5) is 15.3 Å². The van der Waals surface area contributed by atoms with E-state index in [-0.39, 0.29) is 24.9 Å². The minimum absolute atomic E-state index is 0.179. The van der Waals surface area contributed by atoms with E-state index in [1.165, 1.54) is 4.90 Å². The first-order chi connectivity index (χ1) is 11.3. The topological polar surface area (TPSA) is 89.1 Å². The molecule has 0 aliphatic carbocycles. The van der Waals surface area contributed by atoms with Crippen LogP contribution >= 0.6 is 0 Å². The Kier molecular flexibility index (Phi) is 4.13. The molecule has 1 aromatic carbocycles. The zero-order chi connectivity index (χ0) is 17.3. The summed E-state index contributed by atoms with van der Waals surface area (Å²) in [5.41, 5.74) is 0.348. The first-order valence-corrected chi connectivity index (χ1v) is 7.76. The van der Waals surface area contributed by atoms with E-state index >= 15 is 0 Å². The van der Waals surface area contributed by atoms with Crippen molar-refractivity contribution in [1.29, 1.82) is 0 Å². The van der Waals surface area contributed by atoms with Crippen molar-refractivity contribution in [2.45, 2.75) is 32.4 Å². The van der Waals surface area contributed by atoms with Gasteiger partial charge < -0.3 is 24.8 Å². The van der Waals surface area contributed by atoms with Crippen LogP contribution in [0.5, 0.6) is 11.5 Å². The molecule has 24 heavy (non-hydrogen) atoms. The van der Waals surface area contributed by atoms with Gasteiger partial charge in [-0.25, -0.2) is 9.59 Å². The van der Waals surface area contributed by atoms with E-state index in [1.807, 2.05) is 20.8 Å². The molecule has 3 amide bonds. The molecular weight excluding hydrogens is 314 g/mol.